The van der Waals surface area contributed by atoms with Crippen molar-refractivity contribution < 1.29 is 9.53 Å². The topological polar surface area (TPSA) is 79.9 Å². The van der Waals surface area contributed by atoms with Gasteiger partial charge in [0.1, 0.15) is 5.82 Å². The van der Waals surface area contributed by atoms with Crippen LogP contribution in [-0.4, -0.2) is 33.3 Å². The number of aromatic amines is 1. The zero-order valence-corrected chi connectivity index (χ0v) is 14.4. The van der Waals surface area contributed by atoms with Crippen LogP contribution in [0.2, 0.25) is 5.02 Å². The summed E-state index contributed by atoms with van der Waals surface area (Å²) in [6, 6.07) is 5.38. The van der Waals surface area contributed by atoms with E-state index in [1.807, 2.05) is 26.0 Å². The Morgan fingerprint density at radius 1 is 1.46 bits per heavy atom. The second kappa shape index (κ2) is 5.57. The van der Waals surface area contributed by atoms with Crippen LogP contribution in [0.5, 0.6) is 0 Å². The molecule has 0 aliphatic carbocycles. The Balaban J connectivity index is 1.53. The highest BCUT2D eigenvalue weighted by molar-refractivity contribution is 6.33. The second-order valence-corrected chi connectivity index (χ2v) is 7.25. The molecular formula is C17H19ClN4O2. The molecule has 2 N–H and O–H groups in total. The van der Waals surface area contributed by atoms with Crippen LogP contribution in [0.3, 0.4) is 0 Å². The Labute approximate surface area is 145 Å². The van der Waals surface area contributed by atoms with Crippen LogP contribution >= 0.6 is 11.6 Å². The van der Waals surface area contributed by atoms with Crippen molar-refractivity contribution in [2.24, 2.45) is 5.41 Å². The standard InChI is InChI=1S/C17H19ClN4O2/c1-9-19-15(22-21-9)12-5-3-10(7-13(12)18)20-16(23)17(2)8-11-4-6-14(17)24-11/h3,5,7,11,14H,4,6,8H2,1-2H3,(H,20,23)(H,19,21,22)/t11-,14-,17-/m1/s1. The van der Waals surface area contributed by atoms with E-state index in [4.69, 9.17) is 16.3 Å². The van der Waals surface area contributed by atoms with Crippen LogP contribution < -0.4 is 5.32 Å². The molecule has 2 fully saturated rings. The van der Waals surface area contributed by atoms with Crippen molar-refractivity contribution in [2.75, 3.05) is 5.32 Å². The van der Waals surface area contributed by atoms with E-state index in [2.05, 4.69) is 20.5 Å². The Morgan fingerprint density at radius 3 is 2.88 bits per heavy atom. The van der Waals surface area contributed by atoms with E-state index >= 15 is 0 Å². The van der Waals surface area contributed by atoms with Gasteiger partial charge in [0.2, 0.25) is 5.91 Å². The molecule has 2 bridgehead atoms. The van der Waals surface area contributed by atoms with Crippen molar-refractivity contribution in [2.45, 2.75) is 45.3 Å². The predicted molar refractivity (Wildman–Crippen MR) is 90.8 cm³/mol. The molecule has 1 aromatic heterocycles. The maximum Gasteiger partial charge on any atom is 0.233 e. The molecule has 3 atom stereocenters. The van der Waals surface area contributed by atoms with Crippen molar-refractivity contribution in [3.63, 3.8) is 0 Å². The minimum Gasteiger partial charge on any atom is -0.374 e. The number of amides is 1. The van der Waals surface area contributed by atoms with Gasteiger partial charge in [-0.1, -0.05) is 11.6 Å². The fourth-order valence-electron chi connectivity index (χ4n) is 3.68. The number of ether oxygens (including phenoxy) is 1. The van der Waals surface area contributed by atoms with Crippen LogP contribution in [0.4, 0.5) is 5.69 Å². The van der Waals surface area contributed by atoms with Crippen molar-refractivity contribution in [1.82, 2.24) is 15.2 Å². The average molecular weight is 347 g/mol. The number of benzene rings is 1. The Kier molecular flexibility index (Phi) is 3.62. The molecule has 1 amide bonds. The lowest BCUT2D eigenvalue weighted by atomic mass is 9.75. The molecule has 2 aromatic rings. The molecule has 0 radical (unpaired) electrons. The smallest absolute Gasteiger partial charge is 0.233 e. The molecule has 126 valence electrons. The summed E-state index contributed by atoms with van der Waals surface area (Å²) in [6.07, 6.45) is 3.05. The van der Waals surface area contributed by atoms with E-state index in [1.165, 1.54) is 0 Å². The number of nitrogens with zero attached hydrogens (tertiary/aromatic N) is 2. The van der Waals surface area contributed by atoms with E-state index in [-0.39, 0.29) is 18.1 Å². The number of halogens is 1. The first-order valence-corrected chi connectivity index (χ1v) is 8.49. The maximum atomic E-state index is 12.7. The molecule has 0 unspecified atom stereocenters. The molecule has 3 heterocycles. The van der Waals surface area contributed by atoms with E-state index in [1.54, 1.807) is 6.07 Å². The van der Waals surface area contributed by atoms with Gasteiger partial charge in [0.15, 0.2) is 5.82 Å². The van der Waals surface area contributed by atoms with Gasteiger partial charge < -0.3 is 10.1 Å². The first-order valence-electron chi connectivity index (χ1n) is 8.11. The molecule has 0 spiro atoms. The van der Waals surface area contributed by atoms with Gasteiger partial charge >= 0.3 is 0 Å². The zero-order chi connectivity index (χ0) is 16.9. The number of anilines is 1. The van der Waals surface area contributed by atoms with Crippen molar-refractivity contribution >= 4 is 23.2 Å². The molecule has 1 aromatic carbocycles. The zero-order valence-electron chi connectivity index (χ0n) is 13.6. The number of carbonyl (C=O) groups excluding carboxylic acids is 1. The van der Waals surface area contributed by atoms with Crippen LogP contribution in [0, 0.1) is 12.3 Å². The summed E-state index contributed by atoms with van der Waals surface area (Å²) >= 11 is 6.34. The molecule has 7 heteroatoms. The summed E-state index contributed by atoms with van der Waals surface area (Å²) in [5.41, 5.74) is 0.938. The van der Waals surface area contributed by atoms with Gasteiger partial charge in [0.05, 0.1) is 22.6 Å². The van der Waals surface area contributed by atoms with Crippen LogP contribution in [-0.2, 0) is 9.53 Å². The quantitative estimate of drug-likeness (QED) is 0.893. The van der Waals surface area contributed by atoms with Crippen molar-refractivity contribution in [3.8, 4) is 11.4 Å². The molecule has 2 aliphatic heterocycles. The number of H-pyrrole nitrogens is 1. The molecule has 4 rings (SSSR count). The molecular weight excluding hydrogens is 328 g/mol. The van der Waals surface area contributed by atoms with Gasteiger partial charge in [-0.15, -0.1) is 0 Å². The number of hydrogen-bond acceptors (Lipinski definition) is 4. The summed E-state index contributed by atoms with van der Waals surface area (Å²) in [7, 11) is 0. The van der Waals surface area contributed by atoms with Crippen LogP contribution in [0.25, 0.3) is 11.4 Å². The van der Waals surface area contributed by atoms with Gasteiger partial charge in [-0.2, -0.15) is 5.10 Å². The van der Waals surface area contributed by atoms with Gasteiger partial charge in [0, 0.05) is 11.3 Å². The van der Waals surface area contributed by atoms with Gasteiger partial charge in [-0.05, 0) is 51.3 Å². The average Bonchev–Trinajstić information content (AvgIpc) is 3.23. The molecule has 2 saturated heterocycles. The van der Waals surface area contributed by atoms with E-state index in [0.29, 0.717) is 16.5 Å². The minimum absolute atomic E-state index is 0.00717. The number of aromatic nitrogens is 3. The third kappa shape index (κ3) is 2.50. The largest absolute Gasteiger partial charge is 0.374 e. The van der Waals surface area contributed by atoms with Crippen molar-refractivity contribution in [1.29, 1.82) is 0 Å². The lowest BCUT2D eigenvalue weighted by molar-refractivity contribution is -0.127. The maximum absolute atomic E-state index is 12.7. The van der Waals surface area contributed by atoms with Gasteiger partial charge in [-0.25, -0.2) is 4.98 Å². The lowest BCUT2D eigenvalue weighted by Gasteiger charge is -2.29. The van der Waals surface area contributed by atoms with Crippen molar-refractivity contribution in [3.05, 3.63) is 29.0 Å². The SMILES string of the molecule is Cc1nc(-c2ccc(NC(=O)[C@]3(C)C[C@H]4CC[C@H]3O4)cc2Cl)n[nH]1. The van der Waals surface area contributed by atoms with Crippen LogP contribution in [0.1, 0.15) is 32.0 Å². The van der Waals surface area contributed by atoms with Gasteiger partial charge in [0.25, 0.3) is 0 Å². The summed E-state index contributed by atoms with van der Waals surface area (Å²) < 4.78 is 5.84. The number of carbonyl (C=O) groups is 1. The number of rotatable bonds is 3. The monoisotopic (exact) mass is 346 g/mol. The Bertz CT molecular complexity index is 806. The molecule has 2 aliphatic rings. The first kappa shape index (κ1) is 15.6. The third-order valence-corrected chi connectivity index (χ3v) is 5.37. The minimum atomic E-state index is -0.463. The summed E-state index contributed by atoms with van der Waals surface area (Å²) in [5, 5.41) is 10.4. The van der Waals surface area contributed by atoms with Crippen LogP contribution in [0.15, 0.2) is 18.2 Å². The Morgan fingerprint density at radius 2 is 2.29 bits per heavy atom. The highest BCUT2D eigenvalue weighted by atomic mass is 35.5. The summed E-state index contributed by atoms with van der Waals surface area (Å²) in [4.78, 5) is 17.0. The summed E-state index contributed by atoms with van der Waals surface area (Å²) in [5.74, 6) is 1.26. The van der Waals surface area contributed by atoms with E-state index in [0.717, 1.165) is 30.7 Å². The molecule has 0 saturated carbocycles. The summed E-state index contributed by atoms with van der Waals surface area (Å²) in [6.45, 7) is 3.82. The number of hydrogen-bond donors (Lipinski definition) is 2. The number of nitrogens with one attached hydrogen (secondary N) is 2. The Hall–Kier alpha value is -1.92. The predicted octanol–water partition coefficient (Wildman–Crippen LogP) is 3.33. The third-order valence-electron chi connectivity index (χ3n) is 5.05. The number of fused-ring (bicyclic) bond motifs is 2. The molecule has 24 heavy (non-hydrogen) atoms. The second-order valence-electron chi connectivity index (χ2n) is 6.84. The van der Waals surface area contributed by atoms with E-state index in [9.17, 15) is 4.79 Å². The van der Waals surface area contributed by atoms with Gasteiger partial charge in [-0.3, -0.25) is 9.89 Å². The number of aryl methyl sites for hydroxylation is 1. The normalized spacial score (nSPS) is 28.3. The fraction of sp³-hybridized carbons (Fsp3) is 0.471. The fourth-order valence-corrected chi connectivity index (χ4v) is 3.94. The lowest BCUT2D eigenvalue weighted by Crippen LogP contribution is -2.41. The molecule has 6 nitrogen and oxygen atoms in total. The highest BCUT2D eigenvalue weighted by Gasteiger charge is 2.53. The first-order chi connectivity index (χ1) is 11.5. The highest BCUT2D eigenvalue weighted by Crippen LogP contribution is 2.48. The van der Waals surface area contributed by atoms with E-state index < -0.39 is 5.41 Å².